The minimum Gasteiger partial charge on any atom is -0.361 e. The number of hydrogen-bond donors (Lipinski definition) is 1. The molecule has 84 valence electrons. The zero-order valence-electron chi connectivity index (χ0n) is 9.28. The summed E-state index contributed by atoms with van der Waals surface area (Å²) in [5.41, 5.74) is 3.65. The van der Waals surface area contributed by atoms with Gasteiger partial charge in [-0.1, -0.05) is 41.9 Å². The lowest BCUT2D eigenvalue weighted by atomic mass is 10.0. The fourth-order valence-electron chi connectivity index (χ4n) is 2.15. The van der Waals surface area contributed by atoms with Gasteiger partial charge in [-0.25, -0.2) is 0 Å². The Labute approximate surface area is 105 Å². The van der Waals surface area contributed by atoms with E-state index >= 15 is 0 Å². The highest BCUT2D eigenvalue weighted by Gasteiger charge is 2.04. The Kier molecular flexibility index (Phi) is 2.62. The van der Waals surface area contributed by atoms with Crippen molar-refractivity contribution in [2.24, 2.45) is 0 Å². The van der Waals surface area contributed by atoms with Crippen molar-refractivity contribution >= 4 is 22.5 Å². The molecule has 0 bridgehead atoms. The van der Waals surface area contributed by atoms with E-state index in [0.29, 0.717) is 0 Å². The third-order valence-electron chi connectivity index (χ3n) is 3.02. The Morgan fingerprint density at radius 3 is 2.59 bits per heavy atom. The molecular weight excluding hydrogens is 230 g/mol. The van der Waals surface area contributed by atoms with Crippen molar-refractivity contribution in [2.45, 2.75) is 6.42 Å². The van der Waals surface area contributed by atoms with Gasteiger partial charge in [-0.15, -0.1) is 0 Å². The molecule has 0 spiro atoms. The van der Waals surface area contributed by atoms with E-state index in [1.54, 1.807) is 0 Å². The van der Waals surface area contributed by atoms with Gasteiger partial charge in [-0.2, -0.15) is 0 Å². The predicted octanol–water partition coefficient (Wildman–Crippen LogP) is 4.41. The van der Waals surface area contributed by atoms with Gasteiger partial charge in [-0.3, -0.25) is 0 Å². The van der Waals surface area contributed by atoms with Gasteiger partial charge in [0.2, 0.25) is 0 Å². The van der Waals surface area contributed by atoms with Crippen molar-refractivity contribution in [1.29, 1.82) is 0 Å². The number of fused-ring (bicyclic) bond motifs is 1. The Hall–Kier alpha value is -1.73. The van der Waals surface area contributed by atoms with E-state index < -0.39 is 0 Å². The molecule has 0 saturated heterocycles. The predicted molar refractivity (Wildman–Crippen MR) is 72.6 cm³/mol. The fraction of sp³-hybridized carbons (Fsp3) is 0.0667. The molecule has 17 heavy (non-hydrogen) atoms. The van der Waals surface area contributed by atoms with E-state index in [1.165, 1.54) is 22.0 Å². The summed E-state index contributed by atoms with van der Waals surface area (Å²) in [5.74, 6) is 0. The van der Waals surface area contributed by atoms with Crippen LogP contribution in [0.3, 0.4) is 0 Å². The maximum atomic E-state index is 6.19. The van der Waals surface area contributed by atoms with Crippen molar-refractivity contribution in [1.82, 2.24) is 4.98 Å². The summed E-state index contributed by atoms with van der Waals surface area (Å²) in [5, 5.41) is 2.10. The van der Waals surface area contributed by atoms with Gasteiger partial charge in [0.15, 0.2) is 0 Å². The Balaban J connectivity index is 2.06. The van der Waals surface area contributed by atoms with Crippen LogP contribution in [0.25, 0.3) is 10.9 Å². The van der Waals surface area contributed by atoms with E-state index in [1.807, 2.05) is 24.4 Å². The zero-order valence-corrected chi connectivity index (χ0v) is 10.0. The molecule has 0 aliphatic rings. The molecule has 0 radical (unpaired) electrons. The second-order valence-corrected chi connectivity index (χ2v) is 4.53. The van der Waals surface area contributed by atoms with E-state index in [2.05, 4.69) is 35.3 Å². The highest BCUT2D eigenvalue weighted by Crippen LogP contribution is 2.23. The molecular formula is C15H12ClN. The van der Waals surface area contributed by atoms with Gasteiger partial charge >= 0.3 is 0 Å². The van der Waals surface area contributed by atoms with Gasteiger partial charge < -0.3 is 4.98 Å². The van der Waals surface area contributed by atoms with Crippen LogP contribution in [0.2, 0.25) is 5.02 Å². The van der Waals surface area contributed by atoms with Crippen molar-refractivity contribution in [3.8, 4) is 0 Å². The molecule has 2 aromatic carbocycles. The molecule has 1 N–H and O–H groups in total. The van der Waals surface area contributed by atoms with Gasteiger partial charge in [-0.05, 0) is 35.7 Å². The van der Waals surface area contributed by atoms with Crippen LogP contribution < -0.4 is 0 Å². The molecule has 0 amide bonds. The van der Waals surface area contributed by atoms with Crippen molar-refractivity contribution in [3.05, 3.63) is 70.9 Å². The van der Waals surface area contributed by atoms with E-state index in [0.717, 1.165) is 11.4 Å². The minimum absolute atomic E-state index is 0.833. The van der Waals surface area contributed by atoms with Gasteiger partial charge in [0.1, 0.15) is 0 Å². The van der Waals surface area contributed by atoms with Crippen molar-refractivity contribution in [2.75, 3.05) is 0 Å². The van der Waals surface area contributed by atoms with Crippen LogP contribution in [0.4, 0.5) is 0 Å². The number of H-pyrrole nitrogens is 1. The van der Waals surface area contributed by atoms with Crippen LogP contribution in [0, 0.1) is 0 Å². The average molecular weight is 242 g/mol. The average Bonchev–Trinajstić information content (AvgIpc) is 2.81. The molecule has 0 saturated carbocycles. The SMILES string of the molecule is Clc1ccccc1Cc1cccc2[nH]ccc12. The summed E-state index contributed by atoms with van der Waals surface area (Å²) in [6.45, 7) is 0. The molecule has 3 rings (SSSR count). The molecule has 0 atom stereocenters. The molecule has 3 aromatic rings. The fourth-order valence-corrected chi connectivity index (χ4v) is 2.35. The van der Waals surface area contributed by atoms with Crippen molar-refractivity contribution < 1.29 is 0 Å². The lowest BCUT2D eigenvalue weighted by molar-refractivity contribution is 1.21. The first-order valence-corrected chi connectivity index (χ1v) is 6.01. The quantitative estimate of drug-likeness (QED) is 0.684. The highest BCUT2D eigenvalue weighted by molar-refractivity contribution is 6.31. The summed E-state index contributed by atoms with van der Waals surface area (Å²) in [6, 6.07) is 16.4. The van der Waals surface area contributed by atoms with E-state index in [-0.39, 0.29) is 0 Å². The molecule has 0 unspecified atom stereocenters. The summed E-state index contributed by atoms with van der Waals surface area (Å²) in [7, 11) is 0. The number of rotatable bonds is 2. The summed E-state index contributed by atoms with van der Waals surface area (Å²) < 4.78 is 0. The molecule has 1 aromatic heterocycles. The molecule has 0 fully saturated rings. The maximum absolute atomic E-state index is 6.19. The number of halogens is 1. The third kappa shape index (κ3) is 1.94. The van der Waals surface area contributed by atoms with Crippen LogP contribution in [0.15, 0.2) is 54.7 Å². The molecule has 0 aliphatic carbocycles. The standard InChI is InChI=1S/C15H12ClN/c16-14-6-2-1-4-12(14)10-11-5-3-7-15-13(11)8-9-17-15/h1-9,17H,10H2. The number of aromatic nitrogens is 1. The van der Waals surface area contributed by atoms with Crippen LogP contribution in [0.5, 0.6) is 0 Å². The van der Waals surface area contributed by atoms with Crippen molar-refractivity contribution in [3.63, 3.8) is 0 Å². The lowest BCUT2D eigenvalue weighted by Crippen LogP contribution is -1.89. The smallest absolute Gasteiger partial charge is 0.0456 e. The monoisotopic (exact) mass is 241 g/mol. The Morgan fingerprint density at radius 1 is 0.882 bits per heavy atom. The number of aromatic amines is 1. The number of benzene rings is 2. The normalized spacial score (nSPS) is 10.9. The highest BCUT2D eigenvalue weighted by atomic mass is 35.5. The molecule has 0 aliphatic heterocycles. The second-order valence-electron chi connectivity index (χ2n) is 4.12. The third-order valence-corrected chi connectivity index (χ3v) is 3.39. The van der Waals surface area contributed by atoms with Gasteiger partial charge in [0.05, 0.1) is 0 Å². The van der Waals surface area contributed by atoms with Gasteiger partial charge in [0, 0.05) is 22.1 Å². The molecule has 1 nitrogen and oxygen atoms in total. The first-order valence-electron chi connectivity index (χ1n) is 5.63. The van der Waals surface area contributed by atoms with Crippen LogP contribution in [-0.2, 0) is 6.42 Å². The summed E-state index contributed by atoms with van der Waals surface area (Å²) in [6.07, 6.45) is 2.84. The van der Waals surface area contributed by atoms with E-state index in [9.17, 15) is 0 Å². The largest absolute Gasteiger partial charge is 0.361 e. The van der Waals surface area contributed by atoms with Crippen LogP contribution in [-0.4, -0.2) is 4.98 Å². The molecule has 2 heteroatoms. The van der Waals surface area contributed by atoms with E-state index in [4.69, 9.17) is 11.6 Å². The Morgan fingerprint density at radius 2 is 1.71 bits per heavy atom. The summed E-state index contributed by atoms with van der Waals surface area (Å²) in [4.78, 5) is 3.23. The Bertz CT molecular complexity index is 655. The molecule has 1 heterocycles. The lowest BCUT2D eigenvalue weighted by Gasteiger charge is -2.05. The zero-order chi connectivity index (χ0) is 11.7. The summed E-state index contributed by atoms with van der Waals surface area (Å²) >= 11 is 6.19. The van der Waals surface area contributed by atoms with Crippen LogP contribution in [0.1, 0.15) is 11.1 Å². The van der Waals surface area contributed by atoms with Crippen LogP contribution >= 0.6 is 11.6 Å². The number of nitrogens with one attached hydrogen (secondary N) is 1. The minimum atomic E-state index is 0.833. The van der Waals surface area contributed by atoms with Gasteiger partial charge in [0.25, 0.3) is 0 Å². The maximum Gasteiger partial charge on any atom is 0.0456 e. The number of hydrogen-bond acceptors (Lipinski definition) is 0. The first-order chi connectivity index (χ1) is 8.34. The second kappa shape index (κ2) is 4.27. The topological polar surface area (TPSA) is 15.8 Å². The first kappa shape index (κ1) is 10.4.